The van der Waals surface area contributed by atoms with Gasteiger partial charge in [-0.15, -0.1) is 0 Å². The zero-order valence-electron chi connectivity index (χ0n) is 11.6. The van der Waals surface area contributed by atoms with Crippen LogP contribution in [0.15, 0.2) is 30.9 Å². The Balaban J connectivity index is 1.35. The van der Waals surface area contributed by atoms with Crippen LogP contribution in [-0.4, -0.2) is 39.9 Å². The van der Waals surface area contributed by atoms with Gasteiger partial charge in [-0.1, -0.05) is 0 Å². The minimum absolute atomic E-state index is 0.258. The van der Waals surface area contributed by atoms with E-state index in [9.17, 15) is 0 Å². The van der Waals surface area contributed by atoms with Gasteiger partial charge < -0.3 is 24.5 Å². The van der Waals surface area contributed by atoms with Crippen LogP contribution < -0.4 is 19.5 Å². The molecule has 8 nitrogen and oxygen atoms in total. The number of aromatic amines is 1. The first-order valence-electron chi connectivity index (χ1n) is 6.80. The second kappa shape index (κ2) is 5.40. The summed E-state index contributed by atoms with van der Waals surface area (Å²) in [6.45, 7) is 1.34. The van der Waals surface area contributed by atoms with Gasteiger partial charge in [0.25, 0.3) is 0 Å². The summed E-state index contributed by atoms with van der Waals surface area (Å²) in [7, 11) is 0. The van der Waals surface area contributed by atoms with Crippen molar-refractivity contribution in [2.75, 3.05) is 25.3 Å². The van der Waals surface area contributed by atoms with Crippen LogP contribution in [0.3, 0.4) is 0 Å². The molecule has 3 aromatic rings. The van der Waals surface area contributed by atoms with Crippen molar-refractivity contribution >= 4 is 17.0 Å². The first kappa shape index (κ1) is 12.7. The van der Waals surface area contributed by atoms with Crippen LogP contribution in [0.1, 0.15) is 0 Å². The van der Waals surface area contributed by atoms with Crippen LogP contribution in [0.5, 0.6) is 17.2 Å². The maximum Gasteiger partial charge on any atom is 0.231 e. The Kier molecular flexibility index (Phi) is 3.11. The Hall–Kier alpha value is -3.03. The van der Waals surface area contributed by atoms with Crippen LogP contribution in [0.2, 0.25) is 0 Å². The molecule has 22 heavy (non-hydrogen) atoms. The monoisotopic (exact) mass is 299 g/mol. The number of fused-ring (bicyclic) bond motifs is 2. The van der Waals surface area contributed by atoms with Gasteiger partial charge in [0.05, 0.1) is 12.9 Å². The number of H-pyrrole nitrogens is 1. The molecule has 8 heteroatoms. The molecule has 2 aromatic heterocycles. The lowest BCUT2D eigenvalue weighted by molar-refractivity contribution is 0.174. The first-order chi connectivity index (χ1) is 10.9. The molecule has 3 heterocycles. The highest BCUT2D eigenvalue weighted by molar-refractivity contribution is 5.81. The number of anilines is 1. The normalized spacial score (nSPS) is 12.5. The van der Waals surface area contributed by atoms with E-state index in [1.54, 1.807) is 6.33 Å². The highest BCUT2D eigenvalue weighted by Crippen LogP contribution is 2.34. The standard InChI is InChI=1S/C14H13N5O3/c1-2-10-11(22-8-21-10)5-9(1)20-4-3-15-13-12-14(17-6-16-12)19-7-18-13/h1-2,5-7H,3-4,8H2,(H2,15,16,17,18,19). The minimum Gasteiger partial charge on any atom is -0.492 e. The molecule has 1 aliphatic rings. The average Bonchev–Trinajstić information content (AvgIpc) is 3.19. The Morgan fingerprint density at radius 2 is 2.14 bits per heavy atom. The van der Waals surface area contributed by atoms with Crippen LogP contribution in [0, 0.1) is 0 Å². The maximum absolute atomic E-state index is 5.68. The molecule has 0 aliphatic carbocycles. The summed E-state index contributed by atoms with van der Waals surface area (Å²) in [4.78, 5) is 15.3. The average molecular weight is 299 g/mol. The minimum atomic E-state index is 0.258. The summed E-state index contributed by atoms with van der Waals surface area (Å²) in [5.41, 5.74) is 1.42. The largest absolute Gasteiger partial charge is 0.492 e. The van der Waals surface area contributed by atoms with E-state index in [4.69, 9.17) is 14.2 Å². The molecule has 0 atom stereocenters. The van der Waals surface area contributed by atoms with E-state index in [1.807, 2.05) is 18.2 Å². The van der Waals surface area contributed by atoms with Crippen molar-refractivity contribution < 1.29 is 14.2 Å². The number of aromatic nitrogens is 4. The van der Waals surface area contributed by atoms with E-state index in [2.05, 4.69) is 25.3 Å². The first-order valence-corrected chi connectivity index (χ1v) is 6.80. The van der Waals surface area contributed by atoms with Gasteiger partial charge in [-0.05, 0) is 12.1 Å². The summed E-state index contributed by atoms with van der Waals surface area (Å²) in [5, 5.41) is 3.19. The van der Waals surface area contributed by atoms with Crippen molar-refractivity contribution in [1.29, 1.82) is 0 Å². The Morgan fingerprint density at radius 1 is 1.18 bits per heavy atom. The molecule has 0 amide bonds. The lowest BCUT2D eigenvalue weighted by Gasteiger charge is -2.08. The van der Waals surface area contributed by atoms with Crippen molar-refractivity contribution in [2.45, 2.75) is 0 Å². The zero-order chi connectivity index (χ0) is 14.8. The van der Waals surface area contributed by atoms with Crippen LogP contribution in [-0.2, 0) is 0 Å². The molecule has 2 N–H and O–H groups in total. The SMILES string of the molecule is c1nc(NCCOc2ccc3c(c2)OCO3)c2[nH]cnc2n1. The number of nitrogens with one attached hydrogen (secondary N) is 2. The maximum atomic E-state index is 5.68. The summed E-state index contributed by atoms with van der Waals surface area (Å²) in [6.07, 6.45) is 3.07. The van der Waals surface area contributed by atoms with E-state index < -0.39 is 0 Å². The van der Waals surface area contributed by atoms with Crippen molar-refractivity contribution in [3.8, 4) is 17.2 Å². The predicted molar refractivity (Wildman–Crippen MR) is 78.2 cm³/mol. The van der Waals surface area contributed by atoms with Crippen molar-refractivity contribution in [3.05, 3.63) is 30.9 Å². The lowest BCUT2D eigenvalue weighted by atomic mass is 10.3. The number of rotatable bonds is 5. The number of nitrogens with zero attached hydrogens (tertiary/aromatic N) is 3. The second-order valence-electron chi connectivity index (χ2n) is 4.61. The molecule has 112 valence electrons. The van der Waals surface area contributed by atoms with E-state index in [1.165, 1.54) is 6.33 Å². The van der Waals surface area contributed by atoms with Crippen LogP contribution >= 0.6 is 0 Å². The number of benzene rings is 1. The molecular weight excluding hydrogens is 286 g/mol. The number of imidazole rings is 1. The molecule has 0 unspecified atom stereocenters. The predicted octanol–water partition coefficient (Wildman–Crippen LogP) is 1.57. The number of hydrogen-bond acceptors (Lipinski definition) is 7. The third-order valence-corrected chi connectivity index (χ3v) is 3.23. The molecule has 0 bridgehead atoms. The zero-order valence-corrected chi connectivity index (χ0v) is 11.6. The molecule has 4 rings (SSSR count). The molecular formula is C14H13N5O3. The van der Waals surface area contributed by atoms with Crippen LogP contribution in [0.25, 0.3) is 11.2 Å². The van der Waals surface area contributed by atoms with Gasteiger partial charge in [0.15, 0.2) is 23.0 Å². The highest BCUT2D eigenvalue weighted by atomic mass is 16.7. The third kappa shape index (κ3) is 2.34. The lowest BCUT2D eigenvalue weighted by Crippen LogP contribution is -2.12. The van der Waals surface area contributed by atoms with Gasteiger partial charge >= 0.3 is 0 Å². The molecule has 0 radical (unpaired) electrons. The van der Waals surface area contributed by atoms with Gasteiger partial charge in [0.2, 0.25) is 6.79 Å². The fourth-order valence-corrected chi connectivity index (χ4v) is 2.20. The number of hydrogen-bond donors (Lipinski definition) is 2. The van der Waals surface area contributed by atoms with Crippen molar-refractivity contribution in [1.82, 2.24) is 19.9 Å². The van der Waals surface area contributed by atoms with Crippen LogP contribution in [0.4, 0.5) is 5.82 Å². The van der Waals surface area contributed by atoms with Gasteiger partial charge in [-0.3, -0.25) is 0 Å². The molecule has 1 aliphatic heterocycles. The summed E-state index contributed by atoms with van der Waals surface area (Å²) >= 11 is 0. The summed E-state index contributed by atoms with van der Waals surface area (Å²) in [6, 6.07) is 5.51. The molecule has 0 saturated carbocycles. The molecule has 1 aromatic carbocycles. The topological polar surface area (TPSA) is 94.2 Å². The van der Waals surface area contributed by atoms with Crippen molar-refractivity contribution in [2.24, 2.45) is 0 Å². The van der Waals surface area contributed by atoms with Gasteiger partial charge in [-0.25, -0.2) is 15.0 Å². The molecule has 0 spiro atoms. The van der Waals surface area contributed by atoms with Gasteiger partial charge in [-0.2, -0.15) is 0 Å². The Labute approximate surface area is 125 Å². The van der Waals surface area contributed by atoms with Crippen molar-refractivity contribution in [3.63, 3.8) is 0 Å². The van der Waals surface area contributed by atoms with E-state index in [-0.39, 0.29) is 6.79 Å². The summed E-state index contributed by atoms with van der Waals surface area (Å²) < 4.78 is 16.2. The van der Waals surface area contributed by atoms with Gasteiger partial charge in [0, 0.05) is 6.07 Å². The fourth-order valence-electron chi connectivity index (χ4n) is 2.20. The van der Waals surface area contributed by atoms with E-state index >= 15 is 0 Å². The van der Waals surface area contributed by atoms with Gasteiger partial charge in [0.1, 0.15) is 24.2 Å². The fraction of sp³-hybridized carbons (Fsp3) is 0.214. The molecule has 0 fully saturated rings. The third-order valence-electron chi connectivity index (χ3n) is 3.23. The quantitative estimate of drug-likeness (QED) is 0.690. The smallest absolute Gasteiger partial charge is 0.231 e. The van der Waals surface area contributed by atoms with E-state index in [0.717, 1.165) is 17.0 Å². The highest BCUT2D eigenvalue weighted by Gasteiger charge is 2.13. The molecule has 0 saturated heterocycles. The summed E-state index contributed by atoms with van der Waals surface area (Å²) in [5.74, 6) is 2.89. The Bertz CT molecular complexity index is 804. The Morgan fingerprint density at radius 3 is 3.14 bits per heavy atom. The second-order valence-corrected chi connectivity index (χ2v) is 4.61. The van der Waals surface area contributed by atoms with E-state index in [0.29, 0.717) is 30.4 Å². The number of ether oxygens (including phenoxy) is 3.